The van der Waals surface area contributed by atoms with Crippen LogP contribution in [0.5, 0.6) is 0 Å². The second-order valence-electron chi connectivity index (χ2n) is 3.05. The Morgan fingerprint density at radius 2 is 1.93 bits per heavy atom. The molecule has 88 valence electrons. The van der Waals surface area contributed by atoms with Crippen LogP contribution in [0.25, 0.3) is 0 Å². The van der Waals surface area contributed by atoms with Crippen molar-refractivity contribution in [2.45, 2.75) is 38.4 Å². The van der Waals surface area contributed by atoms with E-state index >= 15 is 0 Å². The fourth-order valence-corrected chi connectivity index (χ4v) is 1.09. The second-order valence-corrected chi connectivity index (χ2v) is 3.67. The van der Waals surface area contributed by atoms with Crippen LogP contribution in [0, 0.1) is 0 Å². The minimum absolute atomic E-state index is 0.0361. The van der Waals surface area contributed by atoms with Gasteiger partial charge in [-0.1, -0.05) is 13.3 Å². The van der Waals surface area contributed by atoms with Gasteiger partial charge in [0.15, 0.2) is 0 Å². The highest BCUT2D eigenvalue weighted by molar-refractivity contribution is 7.81. The molecule has 4 nitrogen and oxygen atoms in total. The first-order valence-electron chi connectivity index (χ1n) is 5.12. The van der Waals surface area contributed by atoms with E-state index in [9.17, 15) is 9.59 Å². The van der Waals surface area contributed by atoms with Gasteiger partial charge in [-0.15, -0.1) is 0 Å². The zero-order valence-corrected chi connectivity index (χ0v) is 10.1. The maximum Gasteiger partial charge on any atom is 0.319 e. The zero-order chi connectivity index (χ0) is 11.7. The van der Waals surface area contributed by atoms with E-state index in [0.717, 1.165) is 12.8 Å². The van der Waals surface area contributed by atoms with E-state index in [1.807, 2.05) is 6.92 Å². The smallest absolute Gasteiger partial charge is 0.319 e. The van der Waals surface area contributed by atoms with Crippen molar-refractivity contribution in [3.8, 4) is 0 Å². The Balaban J connectivity index is 3.70. The molecule has 0 bridgehead atoms. The number of unbranched alkanes of at least 4 members (excludes halogenated alkanes) is 1. The maximum absolute atomic E-state index is 11.2. The van der Waals surface area contributed by atoms with Crippen molar-refractivity contribution in [1.82, 2.24) is 0 Å². The largest absolute Gasteiger partial charge is 0.466 e. The third-order valence-corrected chi connectivity index (χ3v) is 2.07. The van der Waals surface area contributed by atoms with E-state index in [1.165, 1.54) is 0 Å². The lowest BCUT2D eigenvalue weighted by Crippen LogP contribution is -2.22. The molecule has 0 saturated carbocycles. The van der Waals surface area contributed by atoms with Gasteiger partial charge in [-0.25, -0.2) is 0 Å². The maximum atomic E-state index is 11.2. The number of carbonyl (C=O) groups is 2. The zero-order valence-electron chi connectivity index (χ0n) is 9.19. The van der Waals surface area contributed by atoms with Crippen molar-refractivity contribution in [3.05, 3.63) is 0 Å². The van der Waals surface area contributed by atoms with Crippen molar-refractivity contribution in [1.29, 1.82) is 0 Å². The lowest BCUT2D eigenvalue weighted by Gasteiger charge is -2.09. The van der Waals surface area contributed by atoms with Gasteiger partial charge in [-0.3, -0.25) is 9.59 Å². The van der Waals surface area contributed by atoms with E-state index in [1.54, 1.807) is 6.92 Å². The molecule has 0 saturated heterocycles. The van der Waals surface area contributed by atoms with Crippen LogP contribution in [0.2, 0.25) is 0 Å². The van der Waals surface area contributed by atoms with Crippen LogP contribution in [-0.2, 0) is 19.1 Å². The van der Waals surface area contributed by atoms with Crippen molar-refractivity contribution >= 4 is 24.6 Å². The highest BCUT2D eigenvalue weighted by atomic mass is 32.1. The quantitative estimate of drug-likeness (QED) is 0.413. The minimum Gasteiger partial charge on any atom is -0.466 e. The summed E-state index contributed by atoms with van der Waals surface area (Å²) < 4.78 is 9.59. The number of esters is 2. The Labute approximate surface area is 95.7 Å². The third-order valence-electron chi connectivity index (χ3n) is 1.68. The summed E-state index contributed by atoms with van der Waals surface area (Å²) in [5, 5.41) is -0.723. The van der Waals surface area contributed by atoms with Crippen molar-refractivity contribution < 1.29 is 19.1 Å². The fourth-order valence-electron chi connectivity index (χ4n) is 0.869. The van der Waals surface area contributed by atoms with Crippen LogP contribution in [-0.4, -0.2) is 30.4 Å². The molecule has 1 atom stereocenters. The molecule has 0 rings (SSSR count). The second kappa shape index (κ2) is 8.59. The predicted octanol–water partition coefficient (Wildman–Crippen LogP) is 1.58. The van der Waals surface area contributed by atoms with Crippen LogP contribution < -0.4 is 0 Å². The van der Waals surface area contributed by atoms with Crippen LogP contribution in [0.4, 0.5) is 0 Å². The number of ether oxygens (including phenoxy) is 2. The topological polar surface area (TPSA) is 52.6 Å². The normalized spacial score (nSPS) is 11.9. The van der Waals surface area contributed by atoms with Gasteiger partial charge in [0.2, 0.25) is 0 Å². The average Bonchev–Trinajstić information content (AvgIpc) is 2.18. The molecule has 0 aliphatic heterocycles. The predicted molar refractivity (Wildman–Crippen MR) is 59.9 cm³/mol. The highest BCUT2D eigenvalue weighted by Crippen LogP contribution is 2.05. The van der Waals surface area contributed by atoms with Gasteiger partial charge in [0.25, 0.3) is 0 Å². The summed E-state index contributed by atoms with van der Waals surface area (Å²) in [6.45, 7) is 4.41. The van der Waals surface area contributed by atoms with E-state index in [0.29, 0.717) is 13.2 Å². The Kier molecular flexibility index (Phi) is 8.18. The molecule has 5 heteroatoms. The Bertz CT molecular complexity index is 206. The number of carbonyl (C=O) groups excluding carboxylic acids is 2. The molecule has 0 fully saturated rings. The molecular formula is C10H18O4S. The lowest BCUT2D eigenvalue weighted by atomic mass is 10.3. The Morgan fingerprint density at radius 1 is 1.27 bits per heavy atom. The minimum atomic E-state index is -0.723. The lowest BCUT2D eigenvalue weighted by molar-refractivity contribution is -0.149. The summed E-state index contributed by atoms with van der Waals surface area (Å²) in [7, 11) is 0. The molecule has 0 heterocycles. The summed E-state index contributed by atoms with van der Waals surface area (Å²) in [5.41, 5.74) is 0. The van der Waals surface area contributed by atoms with Gasteiger partial charge in [0.1, 0.15) is 5.25 Å². The van der Waals surface area contributed by atoms with E-state index in [-0.39, 0.29) is 6.42 Å². The van der Waals surface area contributed by atoms with Gasteiger partial charge in [-0.05, 0) is 13.3 Å². The summed E-state index contributed by atoms with van der Waals surface area (Å²) in [6.07, 6.45) is 1.77. The highest BCUT2D eigenvalue weighted by Gasteiger charge is 2.19. The molecule has 0 spiro atoms. The van der Waals surface area contributed by atoms with Crippen molar-refractivity contribution in [2.24, 2.45) is 0 Å². The van der Waals surface area contributed by atoms with Gasteiger partial charge in [-0.2, -0.15) is 12.6 Å². The van der Waals surface area contributed by atoms with Crippen molar-refractivity contribution in [3.63, 3.8) is 0 Å². The summed E-state index contributed by atoms with van der Waals surface area (Å²) in [5.74, 6) is -0.884. The van der Waals surface area contributed by atoms with E-state index in [2.05, 4.69) is 12.6 Å². The molecule has 1 unspecified atom stereocenters. The first-order valence-corrected chi connectivity index (χ1v) is 5.63. The standard InChI is InChI=1S/C10H18O4S/c1-3-5-6-14-9(11)7-8(15)10(12)13-4-2/h8,15H,3-7H2,1-2H3. The van der Waals surface area contributed by atoms with Gasteiger partial charge < -0.3 is 9.47 Å². The van der Waals surface area contributed by atoms with Crippen LogP contribution in [0.15, 0.2) is 0 Å². The molecule has 0 aromatic carbocycles. The molecule has 0 amide bonds. The van der Waals surface area contributed by atoms with Crippen molar-refractivity contribution in [2.75, 3.05) is 13.2 Å². The summed E-state index contributed by atoms with van der Waals surface area (Å²) in [6, 6.07) is 0. The number of thiol groups is 1. The molecule has 0 aromatic rings. The fraction of sp³-hybridized carbons (Fsp3) is 0.800. The monoisotopic (exact) mass is 234 g/mol. The molecule has 0 radical (unpaired) electrons. The SMILES string of the molecule is CCCCOC(=O)CC(S)C(=O)OCC. The average molecular weight is 234 g/mol. The van der Waals surface area contributed by atoms with E-state index < -0.39 is 17.2 Å². The Morgan fingerprint density at radius 3 is 2.47 bits per heavy atom. The molecular weight excluding hydrogens is 216 g/mol. The molecule has 0 aromatic heterocycles. The van der Waals surface area contributed by atoms with Crippen LogP contribution in [0.3, 0.4) is 0 Å². The molecule has 0 aliphatic rings. The summed E-state index contributed by atoms with van der Waals surface area (Å²) >= 11 is 3.97. The van der Waals surface area contributed by atoms with Crippen LogP contribution in [0.1, 0.15) is 33.1 Å². The van der Waals surface area contributed by atoms with Crippen LogP contribution >= 0.6 is 12.6 Å². The summed E-state index contributed by atoms with van der Waals surface area (Å²) in [4.78, 5) is 22.3. The van der Waals surface area contributed by atoms with Gasteiger partial charge >= 0.3 is 11.9 Å². The molecule has 15 heavy (non-hydrogen) atoms. The number of hydrogen-bond donors (Lipinski definition) is 1. The first-order chi connectivity index (χ1) is 7.11. The third kappa shape index (κ3) is 7.25. The number of rotatable bonds is 7. The Hall–Kier alpha value is -0.710. The molecule has 0 aliphatic carbocycles. The van der Waals surface area contributed by atoms with Gasteiger partial charge in [0, 0.05) is 0 Å². The molecule has 0 N–H and O–H groups in total. The van der Waals surface area contributed by atoms with E-state index in [4.69, 9.17) is 9.47 Å². The number of hydrogen-bond acceptors (Lipinski definition) is 5. The first kappa shape index (κ1) is 14.3. The van der Waals surface area contributed by atoms with Gasteiger partial charge in [0.05, 0.1) is 19.6 Å².